The van der Waals surface area contributed by atoms with Gasteiger partial charge in [-0.25, -0.2) is 0 Å². The van der Waals surface area contributed by atoms with Crippen LogP contribution >= 0.6 is 0 Å². The SMILES string of the molecule is Cc1nn(Cc2ccc(C(=O)Nc3cc(C(F)(F)F)ccc3N(C)C)cc2)c(C)c1[N+](=O)[O-]. The summed E-state index contributed by atoms with van der Waals surface area (Å²) < 4.78 is 40.8. The number of hydrogen-bond donors (Lipinski definition) is 1. The second-order valence-corrected chi connectivity index (χ2v) is 7.71. The fourth-order valence-electron chi connectivity index (χ4n) is 3.44. The van der Waals surface area contributed by atoms with Crippen molar-refractivity contribution in [1.29, 1.82) is 0 Å². The van der Waals surface area contributed by atoms with Crippen LogP contribution in [-0.4, -0.2) is 34.7 Å². The quantitative estimate of drug-likeness (QED) is 0.421. The van der Waals surface area contributed by atoms with Crippen LogP contribution in [-0.2, 0) is 12.7 Å². The summed E-state index contributed by atoms with van der Waals surface area (Å²) in [6.45, 7) is 3.43. The highest BCUT2D eigenvalue weighted by Crippen LogP contribution is 2.35. The van der Waals surface area contributed by atoms with Crippen LogP contribution in [0, 0.1) is 24.0 Å². The second-order valence-electron chi connectivity index (χ2n) is 7.71. The van der Waals surface area contributed by atoms with Crippen LogP contribution in [0.15, 0.2) is 42.5 Å². The highest BCUT2D eigenvalue weighted by molar-refractivity contribution is 6.06. The van der Waals surface area contributed by atoms with Crippen LogP contribution in [0.1, 0.15) is 32.9 Å². The lowest BCUT2D eigenvalue weighted by molar-refractivity contribution is -0.386. The Morgan fingerprint density at radius 3 is 2.30 bits per heavy atom. The number of anilines is 2. The standard InChI is InChI=1S/C22H22F3N5O3/c1-13-20(30(32)33)14(2)29(27-13)12-15-5-7-16(8-6-15)21(31)26-18-11-17(22(23,24)25)9-10-19(18)28(3)4/h5-11H,12H2,1-4H3,(H,26,31). The van der Waals surface area contributed by atoms with Crippen molar-refractivity contribution in [2.24, 2.45) is 0 Å². The van der Waals surface area contributed by atoms with Gasteiger partial charge in [-0.1, -0.05) is 12.1 Å². The van der Waals surface area contributed by atoms with Gasteiger partial charge in [-0.3, -0.25) is 19.6 Å². The molecule has 0 bridgehead atoms. The number of aromatic nitrogens is 2. The Balaban J connectivity index is 1.80. The summed E-state index contributed by atoms with van der Waals surface area (Å²) in [6.07, 6.45) is -4.54. The maximum Gasteiger partial charge on any atom is 0.416 e. The van der Waals surface area contributed by atoms with Gasteiger partial charge in [0.15, 0.2) is 0 Å². The number of nitrogens with zero attached hydrogens (tertiary/aromatic N) is 4. The van der Waals surface area contributed by atoms with E-state index in [0.717, 1.165) is 17.7 Å². The zero-order chi connectivity index (χ0) is 24.5. The van der Waals surface area contributed by atoms with Crippen LogP contribution in [0.25, 0.3) is 0 Å². The fourth-order valence-corrected chi connectivity index (χ4v) is 3.44. The lowest BCUT2D eigenvalue weighted by atomic mass is 10.1. The van der Waals surface area contributed by atoms with Gasteiger partial charge >= 0.3 is 11.9 Å². The number of amides is 1. The molecule has 174 valence electrons. The average molecular weight is 461 g/mol. The van der Waals surface area contributed by atoms with Crippen molar-refractivity contribution in [3.8, 4) is 0 Å². The molecule has 11 heteroatoms. The highest BCUT2D eigenvalue weighted by Gasteiger charge is 2.31. The first-order valence-corrected chi connectivity index (χ1v) is 9.85. The third-order valence-electron chi connectivity index (χ3n) is 5.13. The lowest BCUT2D eigenvalue weighted by Crippen LogP contribution is -2.18. The molecule has 1 amide bonds. The number of benzene rings is 2. The molecule has 0 aliphatic heterocycles. The largest absolute Gasteiger partial charge is 0.416 e. The predicted octanol–water partition coefficient (Wildman–Crippen LogP) is 4.79. The van der Waals surface area contributed by atoms with Gasteiger partial charge < -0.3 is 10.2 Å². The van der Waals surface area contributed by atoms with Crippen LogP contribution < -0.4 is 10.2 Å². The Bertz CT molecular complexity index is 1200. The van der Waals surface area contributed by atoms with Crippen LogP contribution in [0.4, 0.5) is 30.2 Å². The first-order chi connectivity index (χ1) is 15.4. The van der Waals surface area contributed by atoms with E-state index in [-0.39, 0.29) is 23.5 Å². The molecule has 0 saturated heterocycles. The second kappa shape index (κ2) is 8.93. The molecule has 0 aliphatic carbocycles. The summed E-state index contributed by atoms with van der Waals surface area (Å²) in [5.74, 6) is -0.564. The van der Waals surface area contributed by atoms with E-state index in [1.807, 2.05) is 0 Å². The van der Waals surface area contributed by atoms with Crippen molar-refractivity contribution in [2.45, 2.75) is 26.6 Å². The van der Waals surface area contributed by atoms with Crippen molar-refractivity contribution >= 4 is 23.0 Å². The summed E-state index contributed by atoms with van der Waals surface area (Å²) in [4.78, 5) is 25.0. The smallest absolute Gasteiger partial charge is 0.376 e. The van der Waals surface area contributed by atoms with Gasteiger partial charge in [-0.15, -0.1) is 0 Å². The van der Waals surface area contributed by atoms with E-state index >= 15 is 0 Å². The van der Waals surface area contributed by atoms with Gasteiger partial charge in [-0.05, 0) is 49.7 Å². The van der Waals surface area contributed by atoms with Crippen molar-refractivity contribution in [2.75, 3.05) is 24.3 Å². The third kappa shape index (κ3) is 5.13. The summed E-state index contributed by atoms with van der Waals surface area (Å²) in [5.41, 5.74) is 1.30. The first-order valence-electron chi connectivity index (χ1n) is 9.85. The molecule has 0 spiro atoms. The lowest BCUT2D eigenvalue weighted by Gasteiger charge is -2.20. The molecule has 3 aromatic rings. The molecule has 0 aliphatic rings. The van der Waals surface area contributed by atoms with Crippen LogP contribution in [0.5, 0.6) is 0 Å². The molecule has 8 nitrogen and oxygen atoms in total. The number of carbonyl (C=O) groups is 1. The fraction of sp³-hybridized carbons (Fsp3) is 0.273. The molecule has 0 atom stereocenters. The Kier molecular flexibility index (Phi) is 6.43. The maximum atomic E-state index is 13.1. The number of aryl methyl sites for hydroxylation is 1. The van der Waals surface area contributed by atoms with E-state index in [1.165, 1.54) is 22.9 Å². The Labute approximate surface area is 187 Å². The molecular formula is C22H22F3N5O3. The number of carbonyl (C=O) groups excluding carboxylic acids is 1. The Morgan fingerprint density at radius 2 is 1.79 bits per heavy atom. The molecule has 1 heterocycles. The summed E-state index contributed by atoms with van der Waals surface area (Å²) >= 11 is 0. The summed E-state index contributed by atoms with van der Waals surface area (Å²) in [7, 11) is 3.33. The minimum absolute atomic E-state index is 0.0382. The summed E-state index contributed by atoms with van der Waals surface area (Å²) in [6, 6.07) is 9.56. The Morgan fingerprint density at radius 1 is 1.15 bits per heavy atom. The first kappa shape index (κ1) is 23.8. The minimum atomic E-state index is -4.54. The van der Waals surface area contributed by atoms with Gasteiger partial charge in [0.05, 0.1) is 28.4 Å². The van der Waals surface area contributed by atoms with Gasteiger partial charge in [0.2, 0.25) is 0 Å². The molecular weight excluding hydrogens is 439 g/mol. The van der Waals surface area contributed by atoms with Gasteiger partial charge in [0.1, 0.15) is 11.4 Å². The number of nitro groups is 1. The average Bonchev–Trinajstić information content (AvgIpc) is 3.00. The molecule has 0 unspecified atom stereocenters. The van der Waals surface area contributed by atoms with Gasteiger partial charge in [0, 0.05) is 19.7 Å². The Hall–Kier alpha value is -3.89. The predicted molar refractivity (Wildman–Crippen MR) is 118 cm³/mol. The van der Waals surface area contributed by atoms with Crippen LogP contribution in [0.3, 0.4) is 0 Å². The van der Waals surface area contributed by atoms with E-state index in [1.54, 1.807) is 45.0 Å². The number of alkyl halides is 3. The molecule has 0 radical (unpaired) electrons. The highest BCUT2D eigenvalue weighted by atomic mass is 19.4. The van der Waals surface area contributed by atoms with Crippen LogP contribution in [0.2, 0.25) is 0 Å². The summed E-state index contributed by atoms with van der Waals surface area (Å²) in [5, 5.41) is 17.9. The molecule has 2 aromatic carbocycles. The normalized spacial score (nSPS) is 11.4. The molecule has 3 rings (SSSR count). The van der Waals surface area contributed by atoms with Crippen molar-refractivity contribution in [3.05, 3.63) is 80.7 Å². The van der Waals surface area contributed by atoms with E-state index < -0.39 is 22.6 Å². The number of rotatable bonds is 6. The molecule has 33 heavy (non-hydrogen) atoms. The van der Waals surface area contributed by atoms with Crippen molar-refractivity contribution in [1.82, 2.24) is 9.78 Å². The van der Waals surface area contributed by atoms with E-state index in [2.05, 4.69) is 10.4 Å². The molecule has 0 fully saturated rings. The van der Waals surface area contributed by atoms with E-state index in [4.69, 9.17) is 0 Å². The third-order valence-corrected chi connectivity index (χ3v) is 5.13. The van der Waals surface area contributed by atoms with Crippen molar-refractivity contribution < 1.29 is 22.9 Å². The zero-order valence-corrected chi connectivity index (χ0v) is 18.4. The van der Waals surface area contributed by atoms with Gasteiger partial charge in [-0.2, -0.15) is 18.3 Å². The number of halogens is 3. The number of nitrogens with one attached hydrogen (secondary N) is 1. The topological polar surface area (TPSA) is 93.3 Å². The number of hydrogen-bond acceptors (Lipinski definition) is 5. The monoisotopic (exact) mass is 461 g/mol. The van der Waals surface area contributed by atoms with Crippen molar-refractivity contribution in [3.63, 3.8) is 0 Å². The molecule has 1 N–H and O–H groups in total. The minimum Gasteiger partial charge on any atom is -0.376 e. The molecule has 0 saturated carbocycles. The molecule has 1 aromatic heterocycles. The van der Waals surface area contributed by atoms with Gasteiger partial charge in [0.25, 0.3) is 5.91 Å². The zero-order valence-electron chi connectivity index (χ0n) is 18.4. The maximum absolute atomic E-state index is 13.1. The van der Waals surface area contributed by atoms with E-state index in [9.17, 15) is 28.1 Å². The van der Waals surface area contributed by atoms with E-state index in [0.29, 0.717) is 17.1 Å².